The Balaban J connectivity index is 1.94. The third kappa shape index (κ3) is 4.68. The van der Waals surface area contributed by atoms with Crippen LogP contribution in [0.5, 0.6) is 0 Å². The van der Waals surface area contributed by atoms with Gasteiger partial charge in [0.05, 0.1) is 23.9 Å². The summed E-state index contributed by atoms with van der Waals surface area (Å²) in [4.78, 5) is 14.0. The van der Waals surface area contributed by atoms with E-state index in [2.05, 4.69) is 47.6 Å². The van der Waals surface area contributed by atoms with E-state index in [0.717, 1.165) is 19.6 Å². The third-order valence-electron chi connectivity index (χ3n) is 4.03. The van der Waals surface area contributed by atoms with Gasteiger partial charge >= 0.3 is 6.03 Å². The summed E-state index contributed by atoms with van der Waals surface area (Å²) >= 11 is 0. The molecule has 7 nitrogen and oxygen atoms in total. The lowest BCUT2D eigenvalue weighted by Gasteiger charge is -2.19. The number of nitrogens with one attached hydrogen (secondary N) is 2. The van der Waals surface area contributed by atoms with Crippen LogP contribution in [0.1, 0.15) is 33.3 Å². The highest BCUT2D eigenvalue weighted by Crippen LogP contribution is 2.18. The van der Waals surface area contributed by atoms with Crippen molar-refractivity contribution in [3.05, 3.63) is 18.0 Å². The van der Waals surface area contributed by atoms with E-state index >= 15 is 0 Å². The molecule has 2 heterocycles. The molecule has 0 aromatic carbocycles. The maximum absolute atomic E-state index is 11.7. The van der Waals surface area contributed by atoms with Gasteiger partial charge < -0.3 is 15.4 Å². The first-order valence-electron chi connectivity index (χ1n) is 8.17. The standard InChI is InChI=1S/C16H29N5O2/c1-6-17-15(22)19-13-10-20(11-14(13)23-5)8-12-7-18-21(9-12)16(2,3)4/h7,9,13-14H,6,8,10-11H2,1-5H3,(H2,17,19,22)/t13-,14-/m1/s1. The first-order valence-corrected chi connectivity index (χ1v) is 8.17. The van der Waals surface area contributed by atoms with Crippen molar-refractivity contribution in [1.82, 2.24) is 25.3 Å². The summed E-state index contributed by atoms with van der Waals surface area (Å²) in [7, 11) is 1.69. The van der Waals surface area contributed by atoms with Gasteiger partial charge in [0.25, 0.3) is 0 Å². The molecule has 1 aromatic heterocycles. The van der Waals surface area contributed by atoms with Crippen molar-refractivity contribution >= 4 is 6.03 Å². The molecule has 1 aliphatic heterocycles. The van der Waals surface area contributed by atoms with Gasteiger partial charge in [-0.3, -0.25) is 9.58 Å². The number of carbonyl (C=O) groups excluding carboxylic acids is 1. The predicted octanol–water partition coefficient (Wildman–Crippen LogP) is 1.16. The Labute approximate surface area is 138 Å². The van der Waals surface area contributed by atoms with Crippen LogP contribution in [0.3, 0.4) is 0 Å². The Morgan fingerprint density at radius 2 is 2.17 bits per heavy atom. The summed E-state index contributed by atoms with van der Waals surface area (Å²) in [5.74, 6) is 0. The molecule has 0 bridgehead atoms. The molecule has 2 amide bonds. The second-order valence-electron chi connectivity index (χ2n) is 7.04. The van der Waals surface area contributed by atoms with E-state index in [1.165, 1.54) is 5.56 Å². The number of aromatic nitrogens is 2. The maximum Gasteiger partial charge on any atom is 0.315 e. The molecule has 1 aliphatic rings. The van der Waals surface area contributed by atoms with Crippen molar-refractivity contribution in [2.75, 3.05) is 26.7 Å². The zero-order valence-corrected chi connectivity index (χ0v) is 14.8. The highest BCUT2D eigenvalue weighted by Gasteiger charge is 2.34. The Hall–Kier alpha value is -1.60. The van der Waals surface area contributed by atoms with Crippen LogP contribution in [0, 0.1) is 0 Å². The normalized spacial score (nSPS) is 22.3. The summed E-state index contributed by atoms with van der Waals surface area (Å²) in [6, 6.07) is -0.133. The minimum Gasteiger partial charge on any atom is -0.378 e. The molecule has 1 saturated heterocycles. The van der Waals surface area contributed by atoms with Crippen LogP contribution in [-0.2, 0) is 16.8 Å². The fraction of sp³-hybridized carbons (Fsp3) is 0.750. The molecule has 130 valence electrons. The highest BCUT2D eigenvalue weighted by molar-refractivity contribution is 5.74. The number of methoxy groups -OCH3 is 1. The number of likely N-dealkylation sites (tertiary alicyclic amines) is 1. The second-order valence-corrected chi connectivity index (χ2v) is 7.04. The molecule has 1 fully saturated rings. The van der Waals surface area contributed by atoms with Gasteiger partial charge in [-0.05, 0) is 27.7 Å². The molecule has 0 radical (unpaired) electrons. The Kier molecular flexibility index (Phi) is 5.64. The zero-order valence-electron chi connectivity index (χ0n) is 14.8. The summed E-state index contributed by atoms with van der Waals surface area (Å²) in [5, 5.41) is 10.2. The minimum absolute atomic E-state index is 0.00390. The van der Waals surface area contributed by atoms with Crippen LogP contribution in [0.4, 0.5) is 4.79 Å². The number of rotatable bonds is 5. The molecule has 23 heavy (non-hydrogen) atoms. The van der Waals surface area contributed by atoms with Gasteiger partial charge in [-0.15, -0.1) is 0 Å². The van der Waals surface area contributed by atoms with E-state index < -0.39 is 0 Å². The SMILES string of the molecule is CCNC(=O)N[C@@H]1CN(Cc2cnn(C(C)(C)C)c2)C[C@H]1OC. The van der Waals surface area contributed by atoms with Crippen LogP contribution in [0.15, 0.2) is 12.4 Å². The van der Waals surface area contributed by atoms with Gasteiger partial charge in [-0.25, -0.2) is 4.79 Å². The quantitative estimate of drug-likeness (QED) is 0.853. The van der Waals surface area contributed by atoms with E-state index in [-0.39, 0.29) is 23.7 Å². The van der Waals surface area contributed by atoms with Crippen molar-refractivity contribution in [3.63, 3.8) is 0 Å². The fourth-order valence-electron chi connectivity index (χ4n) is 2.81. The van der Waals surface area contributed by atoms with E-state index in [9.17, 15) is 4.79 Å². The molecule has 2 atom stereocenters. The van der Waals surface area contributed by atoms with Crippen molar-refractivity contribution in [1.29, 1.82) is 0 Å². The summed E-state index contributed by atoms with van der Waals surface area (Å²) < 4.78 is 7.51. The number of hydrogen-bond donors (Lipinski definition) is 2. The van der Waals surface area contributed by atoms with Gasteiger partial charge in [0.2, 0.25) is 0 Å². The lowest BCUT2D eigenvalue weighted by Crippen LogP contribution is -2.47. The lowest BCUT2D eigenvalue weighted by molar-refractivity contribution is 0.0911. The van der Waals surface area contributed by atoms with Gasteiger partial charge in [-0.1, -0.05) is 0 Å². The fourth-order valence-corrected chi connectivity index (χ4v) is 2.81. The van der Waals surface area contributed by atoms with Crippen LogP contribution < -0.4 is 10.6 Å². The smallest absolute Gasteiger partial charge is 0.315 e. The van der Waals surface area contributed by atoms with Crippen LogP contribution in [0.25, 0.3) is 0 Å². The number of hydrogen-bond acceptors (Lipinski definition) is 4. The van der Waals surface area contributed by atoms with Crippen molar-refractivity contribution in [2.45, 2.75) is 51.9 Å². The van der Waals surface area contributed by atoms with Crippen molar-refractivity contribution in [3.8, 4) is 0 Å². The van der Waals surface area contributed by atoms with Gasteiger partial charge in [0.1, 0.15) is 0 Å². The number of urea groups is 1. The molecule has 0 spiro atoms. The van der Waals surface area contributed by atoms with E-state index in [4.69, 9.17) is 4.74 Å². The molecule has 2 N–H and O–H groups in total. The van der Waals surface area contributed by atoms with E-state index in [0.29, 0.717) is 6.54 Å². The Morgan fingerprint density at radius 1 is 1.43 bits per heavy atom. The molecule has 0 aliphatic carbocycles. The zero-order chi connectivity index (χ0) is 17.0. The van der Waals surface area contributed by atoms with E-state index in [1.807, 2.05) is 17.8 Å². The molecule has 1 aromatic rings. The summed E-state index contributed by atoms with van der Waals surface area (Å²) in [5.41, 5.74) is 1.16. The highest BCUT2D eigenvalue weighted by atomic mass is 16.5. The largest absolute Gasteiger partial charge is 0.378 e. The molecule has 0 saturated carbocycles. The summed E-state index contributed by atoms with van der Waals surface area (Å²) in [6.45, 7) is 11.3. The maximum atomic E-state index is 11.7. The molecule has 7 heteroatoms. The van der Waals surface area contributed by atoms with Crippen LogP contribution in [-0.4, -0.2) is 59.6 Å². The van der Waals surface area contributed by atoms with Gasteiger partial charge in [0.15, 0.2) is 0 Å². The molecular weight excluding hydrogens is 294 g/mol. The first kappa shape index (κ1) is 17.7. The topological polar surface area (TPSA) is 71.4 Å². The number of carbonyl (C=O) groups is 1. The minimum atomic E-state index is -0.137. The predicted molar refractivity (Wildman–Crippen MR) is 89.3 cm³/mol. The average molecular weight is 323 g/mol. The molecule has 2 rings (SSSR count). The number of amides is 2. The lowest BCUT2D eigenvalue weighted by atomic mass is 10.1. The second kappa shape index (κ2) is 7.31. The number of nitrogens with zero attached hydrogens (tertiary/aromatic N) is 3. The first-order chi connectivity index (χ1) is 10.8. The Morgan fingerprint density at radius 3 is 2.74 bits per heavy atom. The van der Waals surface area contributed by atoms with Gasteiger partial charge in [-0.2, -0.15) is 5.10 Å². The summed E-state index contributed by atoms with van der Waals surface area (Å²) in [6.07, 6.45) is 4.01. The average Bonchev–Trinajstić information content (AvgIpc) is 3.06. The number of ether oxygens (including phenoxy) is 1. The monoisotopic (exact) mass is 323 g/mol. The molecular formula is C16H29N5O2. The van der Waals surface area contributed by atoms with Gasteiger partial charge in [0, 0.05) is 45.0 Å². The molecule has 0 unspecified atom stereocenters. The van der Waals surface area contributed by atoms with Crippen molar-refractivity contribution in [2.24, 2.45) is 0 Å². The third-order valence-corrected chi connectivity index (χ3v) is 4.03. The van der Waals surface area contributed by atoms with Crippen LogP contribution in [0.2, 0.25) is 0 Å². The Bertz CT molecular complexity index is 523. The van der Waals surface area contributed by atoms with Crippen LogP contribution >= 0.6 is 0 Å². The van der Waals surface area contributed by atoms with Crippen molar-refractivity contribution < 1.29 is 9.53 Å². The van der Waals surface area contributed by atoms with E-state index in [1.54, 1.807) is 7.11 Å².